The van der Waals surface area contributed by atoms with Crippen molar-refractivity contribution in [1.82, 2.24) is 5.32 Å². The molecule has 0 amide bonds. The molecule has 0 fully saturated rings. The molecule has 1 aromatic heterocycles. The Balaban J connectivity index is 1.92. The zero-order valence-corrected chi connectivity index (χ0v) is 12.4. The number of hydrogen-bond donors (Lipinski definition) is 1. The molecule has 1 aromatic carbocycles. The number of rotatable bonds is 6. The van der Waals surface area contributed by atoms with Gasteiger partial charge in [0, 0.05) is 6.04 Å². The Kier molecular flexibility index (Phi) is 5.00. The second-order valence-corrected chi connectivity index (χ2v) is 4.67. The van der Waals surface area contributed by atoms with Crippen LogP contribution in [0, 0.1) is 0 Å². The highest BCUT2D eigenvalue weighted by Gasteiger charge is 2.11. The Hall–Kier alpha value is -2.27. The minimum atomic E-state index is -0.395. The van der Waals surface area contributed by atoms with Crippen LogP contribution in [0.25, 0.3) is 0 Å². The van der Waals surface area contributed by atoms with Gasteiger partial charge in [-0.3, -0.25) is 0 Å². The normalized spacial score (nSPS) is 12.0. The molecule has 0 aliphatic carbocycles. The fourth-order valence-corrected chi connectivity index (χ4v) is 1.96. The molecule has 5 nitrogen and oxygen atoms in total. The van der Waals surface area contributed by atoms with Crippen molar-refractivity contribution in [2.45, 2.75) is 19.5 Å². The summed E-state index contributed by atoms with van der Waals surface area (Å²) in [5, 5.41) is 3.34. The number of furan rings is 1. The summed E-state index contributed by atoms with van der Waals surface area (Å²) in [6.45, 7) is 2.59. The fraction of sp³-hybridized carbons (Fsp3) is 0.312. The molecule has 0 unspecified atom stereocenters. The van der Waals surface area contributed by atoms with Crippen LogP contribution in [0.15, 0.2) is 41.0 Å². The van der Waals surface area contributed by atoms with Crippen molar-refractivity contribution >= 4 is 5.97 Å². The predicted molar refractivity (Wildman–Crippen MR) is 78.3 cm³/mol. The lowest BCUT2D eigenvalue weighted by Gasteiger charge is -2.13. The summed E-state index contributed by atoms with van der Waals surface area (Å²) in [6, 6.07) is 9.71. The lowest BCUT2D eigenvalue weighted by atomic mass is 10.1. The highest BCUT2D eigenvalue weighted by Crippen LogP contribution is 2.18. The maximum absolute atomic E-state index is 11.3. The number of carbonyl (C=O) groups excluding carboxylic acids is 1. The molecule has 0 saturated carbocycles. The summed E-state index contributed by atoms with van der Waals surface area (Å²) in [6.07, 6.45) is 1.40. The molecule has 5 heteroatoms. The van der Waals surface area contributed by atoms with Crippen molar-refractivity contribution in [3.05, 3.63) is 53.5 Å². The molecule has 0 saturated heterocycles. The average molecular weight is 289 g/mol. The van der Waals surface area contributed by atoms with Gasteiger partial charge in [-0.25, -0.2) is 4.79 Å². The summed E-state index contributed by atoms with van der Waals surface area (Å²) in [5.41, 5.74) is 1.57. The Morgan fingerprint density at radius 2 is 2.00 bits per heavy atom. The fourth-order valence-electron chi connectivity index (χ4n) is 1.96. The molecule has 0 aliphatic rings. The van der Waals surface area contributed by atoms with Crippen LogP contribution in [0.2, 0.25) is 0 Å². The van der Waals surface area contributed by atoms with Crippen LogP contribution in [-0.2, 0) is 11.3 Å². The van der Waals surface area contributed by atoms with Gasteiger partial charge in [0.25, 0.3) is 0 Å². The van der Waals surface area contributed by atoms with E-state index in [0.29, 0.717) is 17.9 Å². The monoisotopic (exact) mass is 289 g/mol. The van der Waals surface area contributed by atoms with E-state index in [1.807, 2.05) is 24.3 Å². The van der Waals surface area contributed by atoms with Gasteiger partial charge in [0.15, 0.2) is 0 Å². The second-order valence-electron chi connectivity index (χ2n) is 4.67. The van der Waals surface area contributed by atoms with Crippen molar-refractivity contribution in [1.29, 1.82) is 0 Å². The Morgan fingerprint density at radius 3 is 2.62 bits per heavy atom. The molecule has 2 aromatic rings. The van der Waals surface area contributed by atoms with Crippen LogP contribution in [-0.4, -0.2) is 20.2 Å². The van der Waals surface area contributed by atoms with Crippen molar-refractivity contribution in [3.8, 4) is 5.75 Å². The van der Waals surface area contributed by atoms with Crippen molar-refractivity contribution in [2.75, 3.05) is 14.2 Å². The molecular weight excluding hydrogens is 270 g/mol. The summed E-state index contributed by atoms with van der Waals surface area (Å²) in [4.78, 5) is 11.3. The molecule has 2 rings (SSSR count). The number of benzene rings is 1. The molecule has 0 aliphatic heterocycles. The van der Waals surface area contributed by atoms with Gasteiger partial charge in [-0.15, -0.1) is 0 Å². The van der Waals surface area contributed by atoms with Gasteiger partial charge in [-0.1, -0.05) is 12.1 Å². The van der Waals surface area contributed by atoms with E-state index in [4.69, 9.17) is 9.15 Å². The zero-order valence-electron chi connectivity index (χ0n) is 12.4. The van der Waals surface area contributed by atoms with Gasteiger partial charge in [0.2, 0.25) is 0 Å². The second kappa shape index (κ2) is 6.95. The van der Waals surface area contributed by atoms with E-state index in [2.05, 4.69) is 17.0 Å². The van der Waals surface area contributed by atoms with Gasteiger partial charge < -0.3 is 19.2 Å². The first kappa shape index (κ1) is 15.1. The van der Waals surface area contributed by atoms with Crippen LogP contribution in [0.4, 0.5) is 0 Å². The topological polar surface area (TPSA) is 60.7 Å². The molecule has 112 valence electrons. The lowest BCUT2D eigenvalue weighted by molar-refractivity contribution is 0.0600. The standard InChI is InChI=1S/C16H19NO4/c1-11(12-4-6-14(19-2)7-5-12)17-9-15-8-13(10-21-15)16(18)20-3/h4-8,10-11,17H,9H2,1-3H3/t11-/m1/s1. The average Bonchev–Trinajstić information content (AvgIpc) is 3.01. The van der Waals surface area contributed by atoms with Gasteiger partial charge in [-0.05, 0) is 30.7 Å². The zero-order chi connectivity index (χ0) is 15.2. The molecule has 1 N–H and O–H groups in total. The number of carbonyl (C=O) groups is 1. The van der Waals surface area contributed by atoms with Crippen molar-refractivity contribution in [3.63, 3.8) is 0 Å². The lowest BCUT2D eigenvalue weighted by Crippen LogP contribution is -2.17. The van der Waals surface area contributed by atoms with Crippen LogP contribution >= 0.6 is 0 Å². The van der Waals surface area contributed by atoms with Crippen molar-refractivity contribution < 1.29 is 18.7 Å². The minimum Gasteiger partial charge on any atom is -0.497 e. The Morgan fingerprint density at radius 1 is 1.29 bits per heavy atom. The molecular formula is C16H19NO4. The first-order valence-corrected chi connectivity index (χ1v) is 6.67. The van der Waals surface area contributed by atoms with E-state index in [-0.39, 0.29) is 6.04 Å². The summed E-state index contributed by atoms with van der Waals surface area (Å²) < 4.78 is 15.1. The van der Waals surface area contributed by atoms with E-state index in [1.165, 1.54) is 13.4 Å². The Labute approximate surface area is 123 Å². The van der Waals surface area contributed by atoms with Crippen LogP contribution in [0.1, 0.15) is 34.6 Å². The van der Waals surface area contributed by atoms with Crippen LogP contribution in [0.3, 0.4) is 0 Å². The number of hydrogen-bond acceptors (Lipinski definition) is 5. The molecule has 21 heavy (non-hydrogen) atoms. The van der Waals surface area contributed by atoms with Crippen molar-refractivity contribution in [2.24, 2.45) is 0 Å². The minimum absolute atomic E-state index is 0.155. The molecule has 1 heterocycles. The number of methoxy groups -OCH3 is 2. The first-order chi connectivity index (χ1) is 10.1. The van der Waals surface area contributed by atoms with E-state index in [0.717, 1.165) is 11.3 Å². The largest absolute Gasteiger partial charge is 0.497 e. The van der Waals surface area contributed by atoms with Gasteiger partial charge >= 0.3 is 5.97 Å². The summed E-state index contributed by atoms with van der Waals surface area (Å²) >= 11 is 0. The first-order valence-electron chi connectivity index (χ1n) is 6.67. The highest BCUT2D eigenvalue weighted by atomic mass is 16.5. The predicted octanol–water partition coefficient (Wildman–Crippen LogP) is 2.93. The Bertz CT molecular complexity index is 589. The molecule has 0 radical (unpaired) electrons. The summed E-state index contributed by atoms with van der Waals surface area (Å²) in [7, 11) is 2.99. The van der Waals surface area contributed by atoms with Crippen LogP contribution < -0.4 is 10.1 Å². The van der Waals surface area contributed by atoms with Gasteiger partial charge in [0.05, 0.1) is 26.3 Å². The SMILES string of the molecule is COC(=O)c1coc(CN[C@H](C)c2ccc(OC)cc2)c1. The van der Waals surface area contributed by atoms with Gasteiger partial charge in [0.1, 0.15) is 17.8 Å². The van der Waals surface area contributed by atoms with E-state index >= 15 is 0 Å². The quantitative estimate of drug-likeness (QED) is 0.828. The van der Waals surface area contributed by atoms with Gasteiger partial charge in [-0.2, -0.15) is 0 Å². The highest BCUT2D eigenvalue weighted by molar-refractivity contribution is 5.88. The summed E-state index contributed by atoms with van der Waals surface area (Å²) in [5.74, 6) is 1.13. The third-order valence-electron chi connectivity index (χ3n) is 3.27. The molecule has 0 spiro atoms. The molecule has 1 atom stereocenters. The third-order valence-corrected chi connectivity index (χ3v) is 3.27. The van der Waals surface area contributed by atoms with E-state index in [1.54, 1.807) is 13.2 Å². The molecule has 0 bridgehead atoms. The number of ether oxygens (including phenoxy) is 2. The maximum atomic E-state index is 11.3. The number of nitrogens with one attached hydrogen (secondary N) is 1. The van der Waals surface area contributed by atoms with E-state index < -0.39 is 5.97 Å². The number of esters is 1. The van der Waals surface area contributed by atoms with Crippen LogP contribution in [0.5, 0.6) is 5.75 Å². The smallest absolute Gasteiger partial charge is 0.341 e. The third kappa shape index (κ3) is 3.86. The maximum Gasteiger partial charge on any atom is 0.341 e. The van der Waals surface area contributed by atoms with E-state index in [9.17, 15) is 4.79 Å².